The molecule has 86 valence electrons. The van der Waals surface area contributed by atoms with E-state index < -0.39 is 11.7 Å². The Balaban J connectivity index is 0.00000128. The molecule has 0 aliphatic heterocycles. The number of alkyl halides is 3. The molecule has 0 spiro atoms. The van der Waals surface area contributed by atoms with Crippen LogP contribution in [0.15, 0.2) is 35.2 Å². The van der Waals surface area contributed by atoms with Crippen molar-refractivity contribution in [2.45, 2.75) is 6.18 Å². The van der Waals surface area contributed by atoms with Gasteiger partial charge < -0.3 is 0 Å². The maximum atomic E-state index is 12.6. The van der Waals surface area contributed by atoms with Crippen molar-refractivity contribution in [3.05, 3.63) is 40.7 Å². The van der Waals surface area contributed by atoms with Crippen molar-refractivity contribution in [2.24, 2.45) is 0 Å². The Morgan fingerprint density at radius 3 is 2.38 bits per heavy atom. The molecule has 0 amide bonds. The number of benzene rings is 1. The van der Waals surface area contributed by atoms with E-state index in [0.717, 1.165) is 6.07 Å². The maximum absolute atomic E-state index is 12.6. The Labute approximate surface area is 100 Å². The quantitative estimate of drug-likeness (QED) is 0.751. The van der Waals surface area contributed by atoms with E-state index in [4.69, 9.17) is 0 Å². The summed E-state index contributed by atoms with van der Waals surface area (Å²) in [5.74, 6) is 0. The highest BCUT2D eigenvalue weighted by molar-refractivity contribution is 7.07. The van der Waals surface area contributed by atoms with Crippen LogP contribution in [0.2, 0.25) is 0 Å². The van der Waals surface area contributed by atoms with Gasteiger partial charge in [-0.25, -0.2) is 4.98 Å². The van der Waals surface area contributed by atoms with E-state index in [9.17, 15) is 13.2 Å². The molecule has 0 radical (unpaired) electrons. The molecule has 1 heterocycles. The summed E-state index contributed by atoms with van der Waals surface area (Å²) in [5.41, 5.74) is 1.37. The molecule has 0 bridgehead atoms. The third-order valence-corrected chi connectivity index (χ3v) is 2.53. The summed E-state index contributed by atoms with van der Waals surface area (Å²) in [6.07, 6.45) is -4.33. The number of hydrogen-bond donors (Lipinski definition) is 0. The maximum Gasteiger partial charge on any atom is 0.417 e. The van der Waals surface area contributed by atoms with E-state index in [0.29, 0.717) is 5.69 Å². The van der Waals surface area contributed by atoms with E-state index in [1.165, 1.54) is 29.0 Å². The molecule has 16 heavy (non-hydrogen) atoms. The largest absolute Gasteiger partial charge is 0.417 e. The van der Waals surface area contributed by atoms with E-state index in [1.807, 2.05) is 0 Å². The van der Waals surface area contributed by atoms with Crippen LogP contribution in [0.1, 0.15) is 5.56 Å². The Kier molecular flexibility index (Phi) is 3.93. The Bertz CT molecular complexity index is 453. The highest BCUT2D eigenvalue weighted by Gasteiger charge is 2.33. The van der Waals surface area contributed by atoms with Crippen molar-refractivity contribution in [3.63, 3.8) is 0 Å². The molecule has 1 aromatic carbocycles. The highest BCUT2D eigenvalue weighted by Crippen LogP contribution is 2.36. The summed E-state index contributed by atoms with van der Waals surface area (Å²) in [6, 6.07) is 5.44. The molecule has 0 saturated carbocycles. The first-order valence-electron chi connectivity index (χ1n) is 4.14. The lowest BCUT2D eigenvalue weighted by Crippen LogP contribution is -2.06. The Morgan fingerprint density at radius 1 is 1.12 bits per heavy atom. The predicted octanol–water partition coefficient (Wildman–Crippen LogP) is 4.25. The molecule has 6 heteroatoms. The summed E-state index contributed by atoms with van der Waals surface area (Å²) >= 11 is 1.28. The van der Waals surface area contributed by atoms with Crippen molar-refractivity contribution < 1.29 is 13.2 Å². The zero-order valence-electron chi connectivity index (χ0n) is 7.86. The fourth-order valence-corrected chi connectivity index (χ4v) is 1.85. The standard InChI is InChI=1S/C10H6F3NS.ClH/c11-10(12,13)8-4-2-1-3-7(8)9-5-15-6-14-9;/h1-6H;1H. The summed E-state index contributed by atoms with van der Waals surface area (Å²) in [7, 11) is 0. The van der Waals surface area contributed by atoms with Gasteiger partial charge in [-0.05, 0) is 6.07 Å². The van der Waals surface area contributed by atoms with Gasteiger partial charge in [0.2, 0.25) is 0 Å². The van der Waals surface area contributed by atoms with Gasteiger partial charge in [-0.15, -0.1) is 23.7 Å². The van der Waals surface area contributed by atoms with Gasteiger partial charge in [-0.1, -0.05) is 18.2 Å². The molecule has 1 aromatic heterocycles. The van der Waals surface area contributed by atoms with Gasteiger partial charge in [0.15, 0.2) is 0 Å². The number of aromatic nitrogens is 1. The van der Waals surface area contributed by atoms with Crippen molar-refractivity contribution in [2.75, 3.05) is 0 Å². The zero-order valence-corrected chi connectivity index (χ0v) is 9.49. The highest BCUT2D eigenvalue weighted by atomic mass is 35.5. The first kappa shape index (κ1) is 13.0. The monoisotopic (exact) mass is 265 g/mol. The smallest absolute Gasteiger partial charge is 0.245 e. The molecular formula is C10H7ClF3NS. The first-order valence-corrected chi connectivity index (χ1v) is 5.08. The van der Waals surface area contributed by atoms with Crippen LogP contribution >= 0.6 is 23.7 Å². The molecule has 0 saturated heterocycles. The molecule has 0 unspecified atom stereocenters. The SMILES string of the molecule is Cl.FC(F)(F)c1ccccc1-c1cscn1. The molecule has 1 nitrogen and oxygen atoms in total. The van der Waals surface area contributed by atoms with Gasteiger partial charge in [0.1, 0.15) is 0 Å². The van der Waals surface area contributed by atoms with Crippen molar-refractivity contribution >= 4 is 23.7 Å². The Hall–Kier alpha value is -1.07. The van der Waals surface area contributed by atoms with Gasteiger partial charge >= 0.3 is 6.18 Å². The van der Waals surface area contributed by atoms with E-state index in [1.54, 1.807) is 11.4 Å². The van der Waals surface area contributed by atoms with Crippen LogP contribution in [0.4, 0.5) is 13.2 Å². The number of thiazole rings is 1. The minimum atomic E-state index is -4.33. The number of rotatable bonds is 1. The van der Waals surface area contributed by atoms with Crippen LogP contribution in [0.25, 0.3) is 11.3 Å². The predicted molar refractivity (Wildman–Crippen MR) is 59.8 cm³/mol. The van der Waals surface area contributed by atoms with Gasteiger partial charge in [-0.2, -0.15) is 13.2 Å². The summed E-state index contributed by atoms with van der Waals surface area (Å²) in [6.45, 7) is 0. The van der Waals surface area contributed by atoms with Gasteiger partial charge in [-0.3, -0.25) is 0 Å². The fourth-order valence-electron chi connectivity index (χ4n) is 1.30. The van der Waals surface area contributed by atoms with Crippen LogP contribution < -0.4 is 0 Å². The average molecular weight is 266 g/mol. The van der Waals surface area contributed by atoms with E-state index in [2.05, 4.69) is 4.98 Å². The molecule has 0 aliphatic rings. The minimum Gasteiger partial charge on any atom is -0.245 e. The second-order valence-electron chi connectivity index (χ2n) is 2.92. The second kappa shape index (κ2) is 4.84. The topological polar surface area (TPSA) is 12.9 Å². The summed E-state index contributed by atoms with van der Waals surface area (Å²) < 4.78 is 37.8. The second-order valence-corrected chi connectivity index (χ2v) is 3.64. The third kappa shape index (κ3) is 2.54. The van der Waals surface area contributed by atoms with Crippen molar-refractivity contribution in [1.82, 2.24) is 4.98 Å². The normalized spacial score (nSPS) is 10.9. The third-order valence-electron chi connectivity index (χ3n) is 1.94. The van der Waals surface area contributed by atoms with Gasteiger partial charge in [0.25, 0.3) is 0 Å². The van der Waals surface area contributed by atoms with Crippen LogP contribution in [-0.4, -0.2) is 4.98 Å². The molecule has 2 rings (SSSR count). The molecule has 0 atom stereocenters. The summed E-state index contributed by atoms with van der Waals surface area (Å²) in [5, 5.41) is 1.60. The van der Waals surface area contributed by atoms with Crippen LogP contribution in [0.3, 0.4) is 0 Å². The Morgan fingerprint density at radius 2 is 1.81 bits per heavy atom. The van der Waals surface area contributed by atoms with Crippen LogP contribution in [0, 0.1) is 0 Å². The van der Waals surface area contributed by atoms with Gasteiger partial charge in [0, 0.05) is 10.9 Å². The number of halogens is 4. The lowest BCUT2D eigenvalue weighted by Gasteiger charge is -2.10. The number of nitrogens with zero attached hydrogens (tertiary/aromatic N) is 1. The van der Waals surface area contributed by atoms with Crippen LogP contribution in [0.5, 0.6) is 0 Å². The lowest BCUT2D eigenvalue weighted by atomic mass is 10.1. The van der Waals surface area contributed by atoms with Crippen molar-refractivity contribution in [3.8, 4) is 11.3 Å². The van der Waals surface area contributed by atoms with Crippen molar-refractivity contribution in [1.29, 1.82) is 0 Å². The first-order chi connectivity index (χ1) is 7.09. The lowest BCUT2D eigenvalue weighted by molar-refractivity contribution is -0.137. The van der Waals surface area contributed by atoms with E-state index in [-0.39, 0.29) is 18.0 Å². The average Bonchev–Trinajstić information content (AvgIpc) is 2.69. The molecule has 0 aliphatic carbocycles. The zero-order chi connectivity index (χ0) is 10.9. The fraction of sp³-hybridized carbons (Fsp3) is 0.100. The minimum absolute atomic E-state index is 0. The molecular weight excluding hydrogens is 259 g/mol. The molecule has 0 N–H and O–H groups in total. The van der Waals surface area contributed by atoms with Crippen LogP contribution in [-0.2, 0) is 6.18 Å². The summed E-state index contributed by atoms with van der Waals surface area (Å²) in [4.78, 5) is 3.88. The number of hydrogen-bond acceptors (Lipinski definition) is 2. The molecule has 0 fully saturated rings. The van der Waals surface area contributed by atoms with E-state index >= 15 is 0 Å². The molecule has 2 aromatic rings. The van der Waals surface area contributed by atoms with Gasteiger partial charge in [0.05, 0.1) is 16.8 Å².